The third-order valence-corrected chi connectivity index (χ3v) is 7.39. The first-order chi connectivity index (χ1) is 16.8. The molecule has 0 unspecified atom stereocenters. The summed E-state index contributed by atoms with van der Waals surface area (Å²) in [5.74, 6) is 0.546. The molecule has 3 aromatic heterocycles. The van der Waals surface area contributed by atoms with Gasteiger partial charge in [0, 0.05) is 42.7 Å². The Hall–Kier alpha value is -3.14. The van der Waals surface area contributed by atoms with Crippen molar-refractivity contribution in [3.63, 3.8) is 0 Å². The lowest BCUT2D eigenvalue weighted by atomic mass is 9.86. The molecule has 3 aromatic rings. The molecule has 1 fully saturated rings. The Morgan fingerprint density at radius 2 is 2.00 bits per heavy atom. The largest absolute Gasteiger partial charge is 0.481 e. The first-order valence-corrected chi connectivity index (χ1v) is 12.3. The van der Waals surface area contributed by atoms with Gasteiger partial charge in [-0.05, 0) is 60.7 Å². The molecule has 2 atom stereocenters. The van der Waals surface area contributed by atoms with Gasteiger partial charge in [0.1, 0.15) is 11.6 Å². The molecule has 1 N–H and O–H groups in total. The predicted molar refractivity (Wildman–Crippen MR) is 133 cm³/mol. The number of anilines is 1. The quantitative estimate of drug-likeness (QED) is 0.527. The van der Waals surface area contributed by atoms with Gasteiger partial charge in [-0.2, -0.15) is 0 Å². The summed E-state index contributed by atoms with van der Waals surface area (Å²) >= 11 is 3.37. The van der Waals surface area contributed by atoms with E-state index < -0.39 is 11.7 Å². The van der Waals surface area contributed by atoms with Crippen LogP contribution in [0.25, 0.3) is 11.4 Å². The summed E-state index contributed by atoms with van der Waals surface area (Å²) in [5, 5.41) is 3.64. The molecule has 0 radical (unpaired) electrons. The third-order valence-electron chi connectivity index (χ3n) is 6.98. The van der Waals surface area contributed by atoms with Crippen molar-refractivity contribution in [3.8, 4) is 17.3 Å². The molecular weight excluding hydrogens is 515 g/mol. The molecule has 5 rings (SSSR count). The summed E-state index contributed by atoms with van der Waals surface area (Å²) in [7, 11) is 1.47. The van der Waals surface area contributed by atoms with Crippen LogP contribution < -0.4 is 10.1 Å². The average molecular weight is 541 g/mol. The molecular formula is C25H26BrFN6O2. The minimum Gasteiger partial charge on any atom is -0.481 e. The Labute approximate surface area is 211 Å². The number of aromatic nitrogens is 4. The molecule has 35 heavy (non-hydrogen) atoms. The summed E-state index contributed by atoms with van der Waals surface area (Å²) in [5.41, 5.74) is 2.93. The highest BCUT2D eigenvalue weighted by molar-refractivity contribution is 9.10. The number of nitrogens with one attached hydrogen (secondary N) is 1. The minimum absolute atomic E-state index is 0.103. The number of hydrogen-bond acceptors (Lipinski definition) is 7. The number of halogens is 2. The van der Waals surface area contributed by atoms with Gasteiger partial charge in [-0.25, -0.2) is 24.3 Å². The van der Waals surface area contributed by atoms with Crippen molar-refractivity contribution in [1.29, 1.82) is 0 Å². The molecule has 1 saturated heterocycles. The number of likely N-dealkylation sites (tertiary alicyclic amines) is 1. The molecule has 0 aromatic carbocycles. The lowest BCUT2D eigenvalue weighted by Crippen LogP contribution is -2.46. The summed E-state index contributed by atoms with van der Waals surface area (Å²) in [6.45, 7) is 4.84. The maximum Gasteiger partial charge on any atom is 0.230 e. The van der Waals surface area contributed by atoms with Gasteiger partial charge in [0.2, 0.25) is 11.8 Å². The van der Waals surface area contributed by atoms with E-state index in [4.69, 9.17) is 9.72 Å². The van der Waals surface area contributed by atoms with Gasteiger partial charge in [0.05, 0.1) is 34.9 Å². The zero-order valence-electron chi connectivity index (χ0n) is 19.8. The number of fused-ring (bicyclic) bond motifs is 1. The minimum atomic E-state index is -0.633. The number of ether oxygens (including phenoxy) is 1. The maximum absolute atomic E-state index is 14.4. The number of carbonyl (C=O) groups excluding carboxylic acids is 1. The SMILES string of the molecule is COc1cc([C@@H](C)C(=O)N2CC[C@@]3(CCc4cc(-c5ncc(Br)cn5)c(C)nc4N3)C2)c(F)cn1. The van der Waals surface area contributed by atoms with Gasteiger partial charge < -0.3 is 15.0 Å². The first kappa shape index (κ1) is 23.6. The Bertz CT molecular complexity index is 1290. The second-order valence-electron chi connectivity index (χ2n) is 9.24. The van der Waals surface area contributed by atoms with E-state index in [0.29, 0.717) is 30.4 Å². The van der Waals surface area contributed by atoms with E-state index in [2.05, 4.69) is 42.3 Å². The van der Waals surface area contributed by atoms with Crippen LogP contribution >= 0.6 is 15.9 Å². The van der Waals surface area contributed by atoms with Crippen molar-refractivity contribution in [2.24, 2.45) is 0 Å². The smallest absolute Gasteiger partial charge is 0.230 e. The lowest BCUT2D eigenvalue weighted by Gasteiger charge is -2.36. The maximum atomic E-state index is 14.4. The van der Waals surface area contributed by atoms with Gasteiger partial charge in [0.25, 0.3) is 0 Å². The summed E-state index contributed by atoms with van der Waals surface area (Å²) in [6.07, 6.45) is 7.09. The van der Waals surface area contributed by atoms with Crippen molar-refractivity contribution in [1.82, 2.24) is 24.8 Å². The normalized spacial score (nSPS) is 19.9. The zero-order chi connectivity index (χ0) is 24.7. The van der Waals surface area contributed by atoms with E-state index in [-0.39, 0.29) is 11.4 Å². The predicted octanol–water partition coefficient (Wildman–Crippen LogP) is 4.29. The van der Waals surface area contributed by atoms with Gasteiger partial charge in [-0.15, -0.1) is 0 Å². The topological polar surface area (TPSA) is 93.1 Å². The third kappa shape index (κ3) is 4.47. The van der Waals surface area contributed by atoms with E-state index in [9.17, 15) is 9.18 Å². The second-order valence-corrected chi connectivity index (χ2v) is 10.2. The van der Waals surface area contributed by atoms with Gasteiger partial charge >= 0.3 is 0 Å². The summed E-state index contributed by atoms with van der Waals surface area (Å²) < 4.78 is 20.3. The number of nitrogens with zero attached hydrogens (tertiary/aromatic N) is 5. The van der Waals surface area contributed by atoms with Crippen molar-refractivity contribution in [2.75, 3.05) is 25.5 Å². The second kappa shape index (κ2) is 9.14. The van der Waals surface area contributed by atoms with Crippen LogP contribution in [-0.2, 0) is 11.2 Å². The Kier molecular flexibility index (Phi) is 6.16. The standard InChI is InChI=1S/C25H26BrFN6O2/c1-14(18-9-21(35-3)28-12-20(18)27)24(34)33-7-6-25(13-33)5-4-16-8-19(15(2)31-22(16)32-25)23-29-10-17(26)11-30-23/h8-12,14H,4-7,13H2,1-3H3,(H,31,32)/t14-,25+/m1/s1. The van der Waals surface area contributed by atoms with E-state index in [1.807, 2.05) is 11.8 Å². The van der Waals surface area contributed by atoms with Crippen LogP contribution in [0.2, 0.25) is 0 Å². The zero-order valence-corrected chi connectivity index (χ0v) is 21.4. The van der Waals surface area contributed by atoms with Crippen molar-refractivity contribution in [3.05, 3.63) is 57.8 Å². The molecule has 5 heterocycles. The van der Waals surface area contributed by atoms with Crippen molar-refractivity contribution < 1.29 is 13.9 Å². The molecule has 182 valence electrons. The molecule has 0 saturated carbocycles. The first-order valence-electron chi connectivity index (χ1n) is 11.5. The van der Waals surface area contributed by atoms with Crippen LogP contribution in [0.5, 0.6) is 5.88 Å². The number of methoxy groups -OCH3 is 1. The lowest BCUT2D eigenvalue weighted by molar-refractivity contribution is -0.131. The molecule has 1 spiro atoms. The average Bonchev–Trinajstić information content (AvgIpc) is 3.27. The monoisotopic (exact) mass is 540 g/mol. The van der Waals surface area contributed by atoms with Gasteiger partial charge in [-0.3, -0.25) is 4.79 Å². The van der Waals surface area contributed by atoms with E-state index in [1.54, 1.807) is 19.3 Å². The van der Waals surface area contributed by atoms with Gasteiger partial charge in [-0.1, -0.05) is 0 Å². The summed E-state index contributed by atoms with van der Waals surface area (Å²) in [6, 6.07) is 3.61. The van der Waals surface area contributed by atoms with Crippen LogP contribution in [0, 0.1) is 12.7 Å². The van der Waals surface area contributed by atoms with E-state index in [1.165, 1.54) is 13.2 Å². The number of carbonyl (C=O) groups is 1. The Balaban J connectivity index is 1.33. The molecule has 2 aliphatic heterocycles. The number of aryl methyl sites for hydroxylation is 2. The Morgan fingerprint density at radius 1 is 1.23 bits per heavy atom. The van der Waals surface area contributed by atoms with Crippen LogP contribution in [0.4, 0.5) is 10.2 Å². The molecule has 2 aliphatic rings. The number of pyridine rings is 2. The molecule has 8 nitrogen and oxygen atoms in total. The van der Waals surface area contributed by atoms with Crippen molar-refractivity contribution >= 4 is 27.7 Å². The fraction of sp³-hybridized carbons (Fsp3) is 0.400. The number of amides is 1. The number of hydrogen-bond donors (Lipinski definition) is 1. The molecule has 10 heteroatoms. The fourth-order valence-corrected chi connectivity index (χ4v) is 5.17. The molecule has 1 amide bonds. The van der Waals surface area contributed by atoms with E-state index in [0.717, 1.165) is 52.6 Å². The van der Waals surface area contributed by atoms with Crippen LogP contribution in [0.3, 0.4) is 0 Å². The van der Waals surface area contributed by atoms with Crippen molar-refractivity contribution in [2.45, 2.75) is 44.6 Å². The highest BCUT2D eigenvalue weighted by atomic mass is 79.9. The van der Waals surface area contributed by atoms with Crippen LogP contribution in [0.15, 0.2) is 35.2 Å². The Morgan fingerprint density at radius 3 is 2.74 bits per heavy atom. The number of rotatable bonds is 4. The van der Waals surface area contributed by atoms with E-state index >= 15 is 0 Å². The molecule has 0 bridgehead atoms. The highest BCUT2D eigenvalue weighted by Gasteiger charge is 2.43. The van der Waals surface area contributed by atoms with Crippen LogP contribution in [-0.4, -0.2) is 56.5 Å². The fourth-order valence-electron chi connectivity index (χ4n) is 4.96. The summed E-state index contributed by atoms with van der Waals surface area (Å²) in [4.78, 5) is 32.7. The highest BCUT2D eigenvalue weighted by Crippen LogP contribution is 2.39. The van der Waals surface area contributed by atoms with Gasteiger partial charge in [0.15, 0.2) is 5.82 Å². The van der Waals surface area contributed by atoms with Crippen LogP contribution in [0.1, 0.15) is 42.5 Å². The molecule has 0 aliphatic carbocycles.